The van der Waals surface area contributed by atoms with Gasteiger partial charge in [-0.2, -0.15) is 0 Å². The minimum absolute atomic E-state index is 0.0418. The Balaban J connectivity index is 0.936. The van der Waals surface area contributed by atoms with Crippen LogP contribution in [0.15, 0.2) is 122 Å². The van der Waals surface area contributed by atoms with Crippen molar-refractivity contribution in [3.63, 3.8) is 0 Å². The summed E-state index contributed by atoms with van der Waals surface area (Å²) >= 11 is 0. The fourth-order valence-electron chi connectivity index (χ4n) is 7.80. The number of carbonyl (C=O) groups excluding carboxylic acids is 3. The average molecular weight is 766 g/mol. The van der Waals surface area contributed by atoms with Crippen LogP contribution in [0.25, 0.3) is 33.6 Å². The summed E-state index contributed by atoms with van der Waals surface area (Å²) in [5, 5.41) is 23.8. The Morgan fingerprint density at radius 1 is 0.702 bits per heavy atom. The Morgan fingerprint density at radius 3 is 1.70 bits per heavy atom. The lowest BCUT2D eigenvalue weighted by atomic mass is 10.0. The smallest absolute Gasteiger partial charge is 0.407 e. The lowest BCUT2D eigenvalue weighted by Crippen LogP contribution is -2.43. The number of ether oxygens (including phenoxy) is 1. The largest absolute Gasteiger partial charge is 0.453 e. The van der Waals surface area contributed by atoms with Crippen molar-refractivity contribution in [2.75, 3.05) is 20.2 Å². The van der Waals surface area contributed by atoms with Crippen molar-refractivity contribution in [1.82, 2.24) is 35.1 Å². The second kappa shape index (κ2) is 16.3. The molecule has 4 aromatic carbocycles. The van der Waals surface area contributed by atoms with Crippen molar-refractivity contribution < 1.29 is 29.3 Å². The highest BCUT2D eigenvalue weighted by atomic mass is 16.5. The Morgan fingerprint density at radius 2 is 1.18 bits per heavy atom. The third kappa shape index (κ3) is 8.06. The van der Waals surface area contributed by atoms with Crippen molar-refractivity contribution in [2.24, 2.45) is 0 Å². The quantitative estimate of drug-likeness (QED) is 0.117. The Labute approximate surface area is 329 Å². The van der Waals surface area contributed by atoms with Crippen LogP contribution >= 0.6 is 0 Å². The number of hydrogen-bond acceptors (Lipinski definition) is 8. The Kier molecular flexibility index (Phi) is 10.7. The number of H-pyrrole nitrogens is 2. The first kappa shape index (κ1) is 37.4. The molecule has 13 heteroatoms. The van der Waals surface area contributed by atoms with Gasteiger partial charge in [0.1, 0.15) is 17.7 Å². The number of carbonyl (C=O) groups is 3. The molecule has 3 amide bonds. The van der Waals surface area contributed by atoms with Gasteiger partial charge in [0.15, 0.2) is 0 Å². The van der Waals surface area contributed by atoms with Gasteiger partial charge in [-0.15, -0.1) is 0 Å². The molecular weight excluding hydrogens is 723 g/mol. The maximum atomic E-state index is 13.9. The number of nitrogens with one attached hydrogen (secondary N) is 3. The summed E-state index contributed by atoms with van der Waals surface area (Å²) in [5.41, 5.74) is 7.00. The first-order chi connectivity index (χ1) is 27.7. The monoisotopic (exact) mass is 765 g/mol. The van der Waals surface area contributed by atoms with Crippen molar-refractivity contribution in [3.8, 4) is 33.6 Å². The summed E-state index contributed by atoms with van der Waals surface area (Å²) < 4.78 is 4.79. The molecule has 2 aliphatic rings. The number of aromatic nitrogens is 4. The van der Waals surface area contributed by atoms with Gasteiger partial charge in [-0.25, -0.2) is 14.8 Å². The highest BCUT2D eigenvalue weighted by molar-refractivity contribution is 5.87. The Hall–Kier alpha value is -6.57. The standard InChI is InChI=1S/C44H43N7O6/c1-57-44(56)49-40(32-10-6-3-7-11-32)43(55)51-26-34(53)22-38(51)42-46-24-36(48-42)31-18-14-29(15-19-31)28-12-16-30(17-13-28)35-23-45-41(47-35)37-21-33(52)25-50(37)39(54)20-27-8-4-2-5-9-27/h2-19,23-24,33-34,37-38,40,52-53H,20-22,25-26H2,1H3,(H,45,47)(H,46,48)(H,49,56)/t33-,34-,37-,38-,40+/m0/s1. The summed E-state index contributed by atoms with van der Waals surface area (Å²) in [7, 11) is 1.24. The van der Waals surface area contributed by atoms with E-state index in [2.05, 4.69) is 25.3 Å². The fourth-order valence-corrected chi connectivity index (χ4v) is 7.80. The molecule has 0 bridgehead atoms. The molecule has 0 saturated carbocycles. The predicted molar refractivity (Wildman–Crippen MR) is 212 cm³/mol. The number of rotatable bonds is 10. The topological polar surface area (TPSA) is 177 Å². The van der Waals surface area contributed by atoms with Gasteiger partial charge in [0.05, 0.1) is 61.6 Å². The Bertz CT molecular complexity index is 2330. The molecule has 5 atom stereocenters. The molecule has 2 fully saturated rings. The zero-order valence-corrected chi connectivity index (χ0v) is 31.3. The number of benzene rings is 4. The van der Waals surface area contributed by atoms with Crippen LogP contribution in [0.3, 0.4) is 0 Å². The number of imidazole rings is 2. The highest BCUT2D eigenvalue weighted by Crippen LogP contribution is 2.36. The number of hydrogen-bond donors (Lipinski definition) is 5. The van der Waals surface area contributed by atoms with E-state index in [-0.39, 0.29) is 37.4 Å². The number of β-amino-alcohol motifs (C(OH)–C–C–N with tert-alkyl or cyclic N) is 2. The minimum atomic E-state index is -1.00. The summed E-state index contributed by atoms with van der Waals surface area (Å²) in [4.78, 5) is 58.6. The molecule has 2 saturated heterocycles. The van der Waals surface area contributed by atoms with E-state index in [9.17, 15) is 24.6 Å². The molecule has 2 aliphatic heterocycles. The zero-order chi connectivity index (χ0) is 39.5. The van der Waals surface area contributed by atoms with Gasteiger partial charge in [0, 0.05) is 25.9 Å². The van der Waals surface area contributed by atoms with Crippen molar-refractivity contribution in [1.29, 1.82) is 0 Å². The van der Waals surface area contributed by atoms with E-state index in [4.69, 9.17) is 4.74 Å². The summed E-state index contributed by atoms with van der Waals surface area (Å²) in [5.74, 6) is 0.776. The summed E-state index contributed by atoms with van der Waals surface area (Å²) in [6, 6.07) is 32.9. The molecule has 8 rings (SSSR count). The van der Waals surface area contributed by atoms with E-state index in [1.54, 1.807) is 46.5 Å². The van der Waals surface area contributed by atoms with E-state index in [1.165, 1.54) is 7.11 Å². The molecule has 0 unspecified atom stereocenters. The normalized spacial score (nSPS) is 19.7. The predicted octanol–water partition coefficient (Wildman–Crippen LogP) is 5.74. The van der Waals surface area contributed by atoms with Crippen LogP contribution < -0.4 is 5.32 Å². The van der Waals surface area contributed by atoms with E-state index in [1.807, 2.05) is 84.9 Å². The maximum Gasteiger partial charge on any atom is 0.407 e. The SMILES string of the molecule is COC(=O)N[C@@H](C(=O)N1C[C@@H](O)C[C@H]1c1ncc(-c2ccc(-c3ccc(-c4cnc([C@@H]5C[C@H](O)CN5C(=O)Cc5ccccc5)[nH]4)cc3)cc2)[nH]1)c1ccccc1. The van der Waals surface area contributed by atoms with E-state index in [0.29, 0.717) is 30.1 Å². The summed E-state index contributed by atoms with van der Waals surface area (Å²) in [6.07, 6.45) is 2.38. The molecule has 57 heavy (non-hydrogen) atoms. The van der Waals surface area contributed by atoms with Crippen molar-refractivity contribution in [3.05, 3.63) is 144 Å². The van der Waals surface area contributed by atoms with Crippen LogP contribution in [-0.2, 0) is 20.7 Å². The van der Waals surface area contributed by atoms with Gasteiger partial charge in [0.25, 0.3) is 5.91 Å². The van der Waals surface area contributed by atoms with Crippen molar-refractivity contribution in [2.45, 2.75) is 49.6 Å². The molecule has 2 aromatic heterocycles. The third-order valence-corrected chi connectivity index (χ3v) is 10.7. The van der Waals surface area contributed by atoms with Crippen LogP contribution in [0.5, 0.6) is 0 Å². The zero-order valence-electron chi connectivity index (χ0n) is 31.3. The number of aromatic amines is 2. The molecule has 4 heterocycles. The van der Waals surface area contributed by atoms with Gasteiger partial charge in [-0.1, -0.05) is 109 Å². The molecule has 0 radical (unpaired) electrons. The molecule has 0 spiro atoms. The summed E-state index contributed by atoms with van der Waals surface area (Å²) in [6.45, 7) is 0.374. The van der Waals surface area contributed by atoms with Gasteiger partial charge >= 0.3 is 6.09 Å². The van der Waals surface area contributed by atoms with Gasteiger partial charge < -0.3 is 40.0 Å². The van der Waals surface area contributed by atoms with Crippen molar-refractivity contribution >= 4 is 17.9 Å². The number of amides is 3. The van der Waals surface area contributed by atoms with Crippen LogP contribution in [0.1, 0.15) is 53.7 Å². The average Bonchev–Trinajstić information content (AvgIpc) is 4.07. The van der Waals surface area contributed by atoms with E-state index in [0.717, 1.165) is 39.2 Å². The van der Waals surface area contributed by atoms with E-state index < -0.39 is 30.4 Å². The minimum Gasteiger partial charge on any atom is -0.453 e. The second-order valence-corrected chi connectivity index (χ2v) is 14.5. The second-order valence-electron chi connectivity index (χ2n) is 14.5. The first-order valence-electron chi connectivity index (χ1n) is 18.9. The molecule has 290 valence electrons. The number of likely N-dealkylation sites (tertiary alicyclic amines) is 2. The lowest BCUT2D eigenvalue weighted by molar-refractivity contribution is -0.135. The van der Waals surface area contributed by atoms with Gasteiger partial charge in [0.2, 0.25) is 5.91 Å². The number of methoxy groups -OCH3 is 1. The highest BCUT2D eigenvalue weighted by Gasteiger charge is 2.41. The molecular formula is C44H43N7O6. The first-order valence-corrected chi connectivity index (χ1v) is 18.9. The van der Waals surface area contributed by atoms with Crippen LogP contribution in [0.2, 0.25) is 0 Å². The molecule has 0 aliphatic carbocycles. The molecule has 5 N–H and O–H groups in total. The fraction of sp³-hybridized carbons (Fsp3) is 0.250. The number of aliphatic hydroxyl groups excluding tert-OH is 2. The number of nitrogens with zero attached hydrogens (tertiary/aromatic N) is 4. The molecule has 13 nitrogen and oxygen atoms in total. The number of aliphatic hydroxyl groups is 2. The lowest BCUT2D eigenvalue weighted by Gasteiger charge is -2.28. The maximum absolute atomic E-state index is 13.9. The van der Waals surface area contributed by atoms with Gasteiger partial charge in [-0.3, -0.25) is 9.59 Å². The van der Waals surface area contributed by atoms with E-state index >= 15 is 0 Å². The van der Waals surface area contributed by atoms with Crippen LogP contribution in [0.4, 0.5) is 4.79 Å². The van der Waals surface area contributed by atoms with Crippen LogP contribution in [0, 0.1) is 0 Å². The molecule has 6 aromatic rings. The van der Waals surface area contributed by atoms with Gasteiger partial charge in [-0.05, 0) is 33.4 Å². The van der Waals surface area contributed by atoms with Crippen LogP contribution in [-0.4, -0.2) is 90.3 Å². The third-order valence-electron chi connectivity index (χ3n) is 10.7. The number of alkyl carbamates (subject to hydrolysis) is 1.